The van der Waals surface area contributed by atoms with E-state index >= 15 is 0 Å². The van der Waals surface area contributed by atoms with Gasteiger partial charge in [-0.2, -0.15) is 0 Å². The second kappa shape index (κ2) is 6.23. The minimum absolute atomic E-state index is 0.581. The summed E-state index contributed by atoms with van der Waals surface area (Å²) in [7, 11) is 0.829. The zero-order valence-corrected chi connectivity index (χ0v) is 11.7. The van der Waals surface area contributed by atoms with E-state index in [1.807, 2.05) is 12.1 Å². The average molecular weight is 267 g/mol. The molecular formula is C14H21NO2S. The molecule has 1 fully saturated rings. The second-order valence-corrected chi connectivity index (χ2v) is 6.52. The van der Waals surface area contributed by atoms with Crippen LogP contribution >= 0.6 is 0 Å². The van der Waals surface area contributed by atoms with Crippen LogP contribution in [0.25, 0.3) is 0 Å². The van der Waals surface area contributed by atoms with E-state index in [4.69, 9.17) is 10.5 Å². The Morgan fingerprint density at radius 1 is 1.33 bits per heavy atom. The van der Waals surface area contributed by atoms with Crippen molar-refractivity contribution in [1.29, 1.82) is 0 Å². The van der Waals surface area contributed by atoms with Gasteiger partial charge < -0.3 is 10.5 Å². The predicted molar refractivity (Wildman–Crippen MR) is 76.1 cm³/mol. The van der Waals surface area contributed by atoms with Gasteiger partial charge in [0.25, 0.3) is 0 Å². The van der Waals surface area contributed by atoms with Crippen LogP contribution in [0.3, 0.4) is 0 Å². The van der Waals surface area contributed by atoms with Crippen LogP contribution in [0.4, 0.5) is 5.69 Å². The monoisotopic (exact) mass is 267 g/mol. The molecule has 0 aliphatic heterocycles. The molecule has 1 aliphatic carbocycles. The lowest BCUT2D eigenvalue weighted by Crippen LogP contribution is -2.09. The summed E-state index contributed by atoms with van der Waals surface area (Å²) in [6.07, 6.45) is 5.08. The maximum absolute atomic E-state index is 12.1. The Kier molecular flexibility index (Phi) is 4.64. The molecule has 4 heteroatoms. The molecule has 0 amide bonds. The van der Waals surface area contributed by atoms with Gasteiger partial charge in [0.1, 0.15) is 5.75 Å². The van der Waals surface area contributed by atoms with E-state index in [0.717, 1.165) is 17.1 Å². The first-order valence-corrected chi connectivity index (χ1v) is 7.94. The van der Waals surface area contributed by atoms with Crippen LogP contribution in [-0.4, -0.2) is 17.1 Å². The number of anilines is 1. The number of hydrogen-bond acceptors (Lipinski definition) is 3. The number of ether oxygens (including phenoxy) is 1. The van der Waals surface area contributed by atoms with Gasteiger partial charge in [-0.3, -0.25) is 4.21 Å². The highest BCUT2D eigenvalue weighted by atomic mass is 32.2. The van der Waals surface area contributed by atoms with Crippen molar-refractivity contribution in [2.24, 2.45) is 5.92 Å². The van der Waals surface area contributed by atoms with Crippen molar-refractivity contribution < 1.29 is 8.95 Å². The average Bonchev–Trinajstić information content (AvgIpc) is 2.80. The van der Waals surface area contributed by atoms with Crippen molar-refractivity contribution in [3.63, 3.8) is 0 Å². The highest BCUT2D eigenvalue weighted by Crippen LogP contribution is 2.26. The molecule has 1 aromatic rings. The van der Waals surface area contributed by atoms with E-state index in [1.54, 1.807) is 13.2 Å². The van der Waals surface area contributed by atoms with Crippen molar-refractivity contribution >= 4 is 16.5 Å². The second-order valence-electron chi connectivity index (χ2n) is 5.02. The maximum atomic E-state index is 12.1. The first kappa shape index (κ1) is 13.4. The van der Waals surface area contributed by atoms with Gasteiger partial charge >= 0.3 is 0 Å². The first-order valence-electron chi connectivity index (χ1n) is 6.46. The fourth-order valence-corrected chi connectivity index (χ4v) is 4.09. The van der Waals surface area contributed by atoms with Gasteiger partial charge in [-0.15, -0.1) is 0 Å². The number of nitrogen functional groups attached to an aromatic ring is 1. The van der Waals surface area contributed by atoms with E-state index in [0.29, 0.717) is 17.4 Å². The smallest absolute Gasteiger partial charge is 0.121 e. The van der Waals surface area contributed by atoms with Crippen LogP contribution in [0.2, 0.25) is 0 Å². The SMILES string of the molecule is COc1cc(N)cc(CS(=O)CC2CCCC2)c1. The lowest BCUT2D eigenvalue weighted by atomic mass is 10.1. The summed E-state index contributed by atoms with van der Waals surface area (Å²) in [4.78, 5) is 0. The van der Waals surface area contributed by atoms with Gasteiger partial charge in [-0.25, -0.2) is 0 Å². The number of rotatable bonds is 5. The molecule has 1 saturated carbocycles. The number of nitrogens with two attached hydrogens (primary N) is 1. The topological polar surface area (TPSA) is 52.3 Å². The van der Waals surface area contributed by atoms with Gasteiger partial charge in [0, 0.05) is 34.1 Å². The molecule has 0 radical (unpaired) electrons. The zero-order valence-electron chi connectivity index (χ0n) is 10.9. The molecule has 3 nitrogen and oxygen atoms in total. The lowest BCUT2D eigenvalue weighted by molar-refractivity contribution is 0.414. The molecule has 0 spiro atoms. The van der Waals surface area contributed by atoms with Crippen LogP contribution in [0.5, 0.6) is 5.75 Å². The van der Waals surface area contributed by atoms with Crippen LogP contribution < -0.4 is 10.5 Å². The number of hydrogen-bond donors (Lipinski definition) is 1. The van der Waals surface area contributed by atoms with Crippen molar-refractivity contribution in [1.82, 2.24) is 0 Å². The lowest BCUT2D eigenvalue weighted by Gasteiger charge is -2.10. The molecule has 2 rings (SSSR count). The molecular weight excluding hydrogens is 246 g/mol. The quantitative estimate of drug-likeness (QED) is 0.835. The molecule has 18 heavy (non-hydrogen) atoms. The summed E-state index contributed by atoms with van der Waals surface area (Å²) < 4.78 is 17.3. The van der Waals surface area contributed by atoms with E-state index in [2.05, 4.69) is 0 Å². The van der Waals surface area contributed by atoms with Gasteiger partial charge in [-0.1, -0.05) is 12.8 Å². The fourth-order valence-electron chi connectivity index (χ4n) is 2.57. The molecule has 1 aromatic carbocycles. The molecule has 1 atom stereocenters. The van der Waals surface area contributed by atoms with Crippen molar-refractivity contribution in [2.45, 2.75) is 31.4 Å². The summed E-state index contributed by atoms with van der Waals surface area (Å²) in [5.74, 6) is 2.81. The van der Waals surface area contributed by atoms with E-state index in [-0.39, 0.29) is 0 Å². The van der Waals surface area contributed by atoms with Crippen LogP contribution in [0.15, 0.2) is 18.2 Å². The van der Waals surface area contributed by atoms with Gasteiger partial charge in [-0.05, 0) is 36.5 Å². The Balaban J connectivity index is 1.95. The Morgan fingerprint density at radius 3 is 2.72 bits per heavy atom. The normalized spacial score (nSPS) is 17.8. The third-order valence-corrected chi connectivity index (χ3v) is 4.95. The van der Waals surface area contributed by atoms with E-state index < -0.39 is 10.8 Å². The maximum Gasteiger partial charge on any atom is 0.121 e. The summed E-state index contributed by atoms with van der Waals surface area (Å²) in [6.45, 7) is 0. The van der Waals surface area contributed by atoms with Gasteiger partial charge in [0.05, 0.1) is 7.11 Å². The molecule has 100 valence electrons. The Morgan fingerprint density at radius 2 is 2.06 bits per heavy atom. The van der Waals surface area contributed by atoms with Crippen molar-refractivity contribution in [3.05, 3.63) is 23.8 Å². The third kappa shape index (κ3) is 3.73. The Bertz CT molecular complexity index is 428. The fraction of sp³-hybridized carbons (Fsp3) is 0.571. The zero-order chi connectivity index (χ0) is 13.0. The molecule has 2 N–H and O–H groups in total. The molecule has 1 unspecified atom stereocenters. The summed E-state index contributed by atoms with van der Waals surface area (Å²) in [5, 5.41) is 0. The predicted octanol–water partition coefficient (Wildman–Crippen LogP) is 2.72. The van der Waals surface area contributed by atoms with Crippen LogP contribution in [0.1, 0.15) is 31.2 Å². The highest BCUT2D eigenvalue weighted by molar-refractivity contribution is 7.84. The van der Waals surface area contributed by atoms with Crippen molar-refractivity contribution in [3.8, 4) is 5.75 Å². The summed E-state index contributed by atoms with van der Waals surface area (Å²) in [5.41, 5.74) is 7.47. The summed E-state index contributed by atoms with van der Waals surface area (Å²) >= 11 is 0. The minimum Gasteiger partial charge on any atom is -0.497 e. The van der Waals surface area contributed by atoms with Crippen LogP contribution in [-0.2, 0) is 16.6 Å². The number of methoxy groups -OCH3 is 1. The molecule has 0 saturated heterocycles. The number of benzene rings is 1. The van der Waals surface area contributed by atoms with E-state index in [1.165, 1.54) is 25.7 Å². The molecule has 1 aliphatic rings. The largest absolute Gasteiger partial charge is 0.497 e. The molecule has 0 bridgehead atoms. The minimum atomic E-state index is -0.790. The third-order valence-electron chi connectivity index (χ3n) is 3.45. The standard InChI is InChI=1S/C14H21NO2S/c1-17-14-7-12(6-13(15)8-14)10-18(16)9-11-4-2-3-5-11/h6-8,11H,2-5,9-10,15H2,1H3. The van der Waals surface area contributed by atoms with Gasteiger partial charge in [0.15, 0.2) is 0 Å². The highest BCUT2D eigenvalue weighted by Gasteiger charge is 2.17. The van der Waals surface area contributed by atoms with E-state index in [9.17, 15) is 4.21 Å². The Labute approximate surface area is 111 Å². The Hall–Kier alpha value is -1.03. The van der Waals surface area contributed by atoms with Crippen LogP contribution in [0, 0.1) is 5.92 Å². The molecule has 0 aromatic heterocycles. The summed E-state index contributed by atoms with van der Waals surface area (Å²) in [6, 6.07) is 5.58. The molecule has 0 heterocycles. The van der Waals surface area contributed by atoms with Crippen molar-refractivity contribution in [2.75, 3.05) is 18.6 Å². The first-order chi connectivity index (χ1) is 8.67. The van der Waals surface area contributed by atoms with Gasteiger partial charge in [0.2, 0.25) is 0 Å².